The fourth-order valence-electron chi connectivity index (χ4n) is 9.84. The van der Waals surface area contributed by atoms with Crippen LogP contribution in [0.15, 0.2) is 60.8 Å². The van der Waals surface area contributed by atoms with E-state index in [4.69, 9.17) is 5.73 Å². The summed E-state index contributed by atoms with van der Waals surface area (Å²) >= 11 is 0. The predicted octanol–water partition coefficient (Wildman–Crippen LogP) is -4.31. The summed E-state index contributed by atoms with van der Waals surface area (Å²) in [6.45, 7) is -1.59. The van der Waals surface area contributed by atoms with E-state index >= 15 is 4.79 Å². The van der Waals surface area contributed by atoms with Crippen LogP contribution in [0.4, 0.5) is 0 Å². The quantitative estimate of drug-likeness (QED) is 0.0193. The number of aromatic amines is 1. The number of fused-ring (bicyclic) bond motifs is 1. The highest BCUT2D eigenvalue weighted by Gasteiger charge is 2.37. The molecule has 0 spiro atoms. The number of carbonyl (C=O) groups excluding carboxylic acids is 7. The van der Waals surface area contributed by atoms with E-state index < -0.39 is 183 Å². The van der Waals surface area contributed by atoms with Crippen LogP contribution in [0, 0.1) is 0 Å². The molecule has 7 amide bonds. The monoisotopic (exact) mass is 1360 g/mol. The van der Waals surface area contributed by atoms with Crippen molar-refractivity contribution < 1.29 is 98.4 Å². The molecule has 3 unspecified atom stereocenters. The van der Waals surface area contributed by atoms with Crippen molar-refractivity contribution in [2.75, 3.05) is 90.1 Å². The van der Waals surface area contributed by atoms with Crippen LogP contribution in [-0.2, 0) is 70.4 Å². The molecule has 1 fully saturated rings. The van der Waals surface area contributed by atoms with E-state index in [-0.39, 0.29) is 77.2 Å². The summed E-state index contributed by atoms with van der Waals surface area (Å²) in [5, 5.41) is 101. The minimum absolute atomic E-state index is 0.0544. The molecule has 1 saturated heterocycles. The Bertz CT molecular complexity index is 3000. The van der Waals surface area contributed by atoms with Crippen molar-refractivity contribution in [2.45, 2.75) is 119 Å². The molecule has 33 nitrogen and oxygen atoms in total. The van der Waals surface area contributed by atoms with E-state index in [0.717, 1.165) is 26.5 Å². The molecular weight excluding hydrogens is 1270 g/mol. The summed E-state index contributed by atoms with van der Waals surface area (Å²) in [6, 6.07) is 3.41. The molecule has 1 aromatic heterocycles. The second-order valence-electron chi connectivity index (χ2n) is 22.5. The minimum Gasteiger partial charge on any atom is -0.481 e. The summed E-state index contributed by atoms with van der Waals surface area (Å²) in [5.41, 5.74) is 7.57. The Labute approximate surface area is 549 Å². The van der Waals surface area contributed by atoms with Gasteiger partial charge in [0, 0.05) is 87.1 Å². The third-order valence-corrected chi connectivity index (χ3v) is 17.3. The van der Waals surface area contributed by atoms with Crippen molar-refractivity contribution in [1.29, 1.82) is 0 Å². The number of aliphatic hydroxyl groups is 3. The van der Waals surface area contributed by atoms with E-state index in [1.165, 1.54) is 23.6 Å². The molecule has 1 aliphatic rings. The summed E-state index contributed by atoms with van der Waals surface area (Å²) < 4.78 is 0. The number of aromatic nitrogens is 1. The number of H-pyrrole nitrogens is 1. The van der Waals surface area contributed by atoms with Crippen LogP contribution < -0.4 is 48.3 Å². The van der Waals surface area contributed by atoms with Crippen LogP contribution in [0.2, 0.25) is 0 Å². The number of benzene rings is 2. The lowest BCUT2D eigenvalue weighted by Crippen LogP contribution is -2.62. The maximum atomic E-state index is 15.0. The van der Waals surface area contributed by atoms with Gasteiger partial charge in [0.15, 0.2) is 0 Å². The third kappa shape index (κ3) is 28.3. The summed E-state index contributed by atoms with van der Waals surface area (Å²) in [7, 11) is 1.74. The first-order valence-electron chi connectivity index (χ1n) is 30.3. The standard InChI is InChI=1S/C59H87N13O20S2/c1-34(74)44(31-73)66-58(91)46-33-94-93-32-45(67-53(86)40(15-16-47(76)77)61-18-19-70(27-48(78)79)20-21-71(28-49(80)81)22-23-72(29-50(82)83)30-51(84)85)57(90)64-42(24-36-10-4-3-5-11-36)55(88)65-43(25-37-26-62-39-13-7-6-12-38(37)39)56(89)63-41(14-8-9-17-60)54(87)69-52(35(2)75)59(92)68-46/h3-7,10-13,26,34-35,40-46,52,61-62,73-75H,8-9,14-25,27-33,60H2,1-2H3,(H,63,89)(H,64,90)(H,65,88)(H,66,91)(H,67,86)(H,68,92)(H,69,87)(H,76,77)(H,78,79)(H,80,81)(H,82,83)(H,84,85)/t34-,35-,40-,41+,42?,43-,44-,45+,46?,52?/m1/s1. The van der Waals surface area contributed by atoms with Gasteiger partial charge in [-0.05, 0) is 63.3 Å². The third-order valence-electron chi connectivity index (χ3n) is 14.9. The number of carbonyl (C=O) groups is 12. The average Bonchev–Trinajstić information content (AvgIpc) is 1.63. The molecule has 520 valence electrons. The normalized spacial score (nSPS) is 20.2. The Balaban J connectivity index is 1.78. The molecule has 0 aliphatic carbocycles. The van der Waals surface area contributed by atoms with Gasteiger partial charge in [-0.15, -0.1) is 0 Å². The highest BCUT2D eigenvalue weighted by Crippen LogP contribution is 2.25. The lowest BCUT2D eigenvalue weighted by atomic mass is 10.0. The van der Waals surface area contributed by atoms with E-state index in [0.29, 0.717) is 28.5 Å². The lowest BCUT2D eigenvalue weighted by molar-refractivity contribution is -0.143. The zero-order valence-corrected chi connectivity index (χ0v) is 53.7. The molecule has 2 heterocycles. The number of aliphatic carboxylic acids is 5. The fraction of sp³-hybridized carbons (Fsp3) is 0.559. The largest absolute Gasteiger partial charge is 0.481 e. The van der Waals surface area contributed by atoms with E-state index in [1.807, 2.05) is 0 Å². The number of carboxylic acid groups (broad SMARTS) is 5. The SMILES string of the molecule is C[C@@H](O)C1NC(=O)[C@H](CCCCN)NC(=O)[C@@H](Cc2c[nH]c3ccccc23)NC(=O)C(Cc2ccccc2)NC(=O)[C@@H](NC(=O)[C@@H](CCC(=O)O)NCCN(CCN(CCN(CC(=O)O)CC(=O)O)CC(=O)O)CC(=O)O)CSSCC(C(=O)N[C@H](CO)[C@@H](C)O)NC1=O. The lowest BCUT2D eigenvalue weighted by Gasteiger charge is -2.29. The average molecular weight is 1360 g/mol. The fourth-order valence-corrected chi connectivity index (χ4v) is 12.2. The molecule has 35 heteroatoms. The zero-order chi connectivity index (χ0) is 69.4. The first-order chi connectivity index (χ1) is 44.7. The maximum Gasteiger partial charge on any atom is 0.317 e. The highest BCUT2D eigenvalue weighted by molar-refractivity contribution is 8.76. The summed E-state index contributed by atoms with van der Waals surface area (Å²) in [4.78, 5) is 168. The van der Waals surface area contributed by atoms with Gasteiger partial charge in [0.2, 0.25) is 41.4 Å². The van der Waals surface area contributed by atoms with Crippen LogP contribution in [-0.4, -0.2) is 282 Å². The number of aliphatic hydroxyl groups excluding tert-OH is 3. The Kier molecular flexibility index (Phi) is 34.2. The number of nitrogens with zero attached hydrogens (tertiary/aromatic N) is 3. The van der Waals surface area contributed by atoms with Crippen LogP contribution >= 0.6 is 21.6 Å². The minimum atomic E-state index is -1.78. The smallest absolute Gasteiger partial charge is 0.317 e. The number of carboxylic acids is 5. The Morgan fingerprint density at radius 3 is 1.76 bits per heavy atom. The topological polar surface area (TPSA) is 514 Å². The Morgan fingerprint density at radius 1 is 0.628 bits per heavy atom. The molecule has 94 heavy (non-hydrogen) atoms. The molecule has 0 radical (unpaired) electrons. The van der Waals surface area contributed by atoms with Gasteiger partial charge >= 0.3 is 29.8 Å². The molecule has 10 atom stereocenters. The second-order valence-corrected chi connectivity index (χ2v) is 25.0. The number of unbranched alkanes of at least 4 members (excludes halogenated alkanes) is 1. The van der Waals surface area contributed by atoms with Gasteiger partial charge in [0.05, 0.1) is 57.1 Å². The van der Waals surface area contributed by atoms with Crippen molar-refractivity contribution in [3.8, 4) is 0 Å². The van der Waals surface area contributed by atoms with Gasteiger partial charge in [0.25, 0.3) is 0 Å². The first-order valence-corrected chi connectivity index (χ1v) is 32.8. The van der Waals surface area contributed by atoms with Crippen LogP contribution in [0.5, 0.6) is 0 Å². The van der Waals surface area contributed by atoms with Gasteiger partial charge in [-0.25, -0.2) is 0 Å². The Morgan fingerprint density at radius 2 is 1.17 bits per heavy atom. The molecule has 0 saturated carbocycles. The van der Waals surface area contributed by atoms with Crippen molar-refractivity contribution in [3.63, 3.8) is 0 Å². The van der Waals surface area contributed by atoms with Gasteiger partial charge in [-0.1, -0.05) is 70.1 Å². The molecule has 4 rings (SSSR count). The molecule has 2 aromatic carbocycles. The van der Waals surface area contributed by atoms with Crippen molar-refractivity contribution in [1.82, 2.24) is 62.2 Å². The van der Waals surface area contributed by atoms with E-state index in [9.17, 15) is 93.6 Å². The second kappa shape index (κ2) is 41.0. The van der Waals surface area contributed by atoms with Crippen LogP contribution in [0.25, 0.3) is 10.9 Å². The highest BCUT2D eigenvalue weighted by atomic mass is 33.1. The zero-order valence-electron chi connectivity index (χ0n) is 52.1. The predicted molar refractivity (Wildman–Crippen MR) is 342 cm³/mol. The van der Waals surface area contributed by atoms with Crippen molar-refractivity contribution in [2.24, 2.45) is 5.73 Å². The number of amides is 7. The van der Waals surface area contributed by atoms with Crippen molar-refractivity contribution >= 4 is 104 Å². The number of hydrogen-bond donors (Lipinski definition) is 18. The van der Waals surface area contributed by atoms with Crippen LogP contribution in [0.3, 0.4) is 0 Å². The first kappa shape index (κ1) is 78.4. The van der Waals surface area contributed by atoms with Gasteiger partial charge in [-0.2, -0.15) is 0 Å². The Hall–Kier alpha value is -8.00. The molecule has 19 N–H and O–H groups in total. The number of nitrogens with one attached hydrogen (secondary N) is 9. The molecular formula is C59H87N13O20S2. The number of rotatable bonds is 36. The number of hydrogen-bond acceptors (Lipinski definition) is 22. The summed E-state index contributed by atoms with van der Waals surface area (Å²) in [5.74, 6) is -14.1. The van der Waals surface area contributed by atoms with Gasteiger partial charge in [-0.3, -0.25) is 72.2 Å². The van der Waals surface area contributed by atoms with Crippen molar-refractivity contribution in [3.05, 3.63) is 71.9 Å². The van der Waals surface area contributed by atoms with Gasteiger partial charge < -0.3 is 94.1 Å². The molecule has 1 aliphatic heterocycles. The molecule has 3 aromatic rings. The maximum absolute atomic E-state index is 15.0. The number of nitrogens with two attached hydrogens (primary N) is 1. The number of para-hydroxylation sites is 1. The van der Waals surface area contributed by atoms with Crippen LogP contribution in [0.1, 0.15) is 57.1 Å². The van der Waals surface area contributed by atoms with E-state index in [2.05, 4.69) is 47.5 Å². The summed E-state index contributed by atoms with van der Waals surface area (Å²) in [6.07, 6.45) is -2.13. The van der Waals surface area contributed by atoms with Gasteiger partial charge in [0.1, 0.15) is 36.3 Å². The molecule has 0 bridgehead atoms. The van der Waals surface area contributed by atoms with E-state index in [1.54, 1.807) is 60.8 Å².